The second kappa shape index (κ2) is 6.98. The van der Waals surface area contributed by atoms with Crippen molar-refractivity contribution >= 4 is 27.5 Å². The summed E-state index contributed by atoms with van der Waals surface area (Å²) >= 11 is 9.92. The van der Waals surface area contributed by atoms with Gasteiger partial charge in [0.15, 0.2) is 0 Å². The van der Waals surface area contributed by atoms with Crippen LogP contribution in [-0.2, 0) is 12.8 Å². The highest BCUT2D eigenvalue weighted by Gasteiger charge is 2.23. The third kappa shape index (κ3) is 3.19. The predicted octanol–water partition coefficient (Wildman–Crippen LogP) is 6.09. The molecule has 0 fully saturated rings. The molecule has 1 aliphatic carbocycles. The molecule has 2 aromatic carbocycles. The number of benzene rings is 2. The Kier molecular flexibility index (Phi) is 5.03. The van der Waals surface area contributed by atoms with Gasteiger partial charge in [-0.25, -0.2) is 0 Å². The van der Waals surface area contributed by atoms with Gasteiger partial charge in [-0.1, -0.05) is 52.3 Å². The number of hydrogen-bond donors (Lipinski definition) is 0. The lowest BCUT2D eigenvalue weighted by atomic mass is 9.80. The minimum absolute atomic E-state index is 0.395. The van der Waals surface area contributed by atoms with E-state index in [0.717, 1.165) is 6.42 Å². The molecule has 0 N–H and O–H groups in total. The molecule has 0 radical (unpaired) electrons. The first-order chi connectivity index (χ1) is 10.3. The molecule has 0 bridgehead atoms. The Balaban J connectivity index is 2.11. The Morgan fingerprint density at radius 2 is 1.76 bits per heavy atom. The first-order valence-corrected chi connectivity index (χ1v) is 9.05. The fraction of sp³-hybridized carbons (Fsp3) is 0.368. The SMILES string of the molecule is ClCC[C@@H](c1ccccc1)c1c(Br)ccc2c1CCCC2. The van der Waals surface area contributed by atoms with Gasteiger partial charge in [0.05, 0.1) is 0 Å². The van der Waals surface area contributed by atoms with Crippen molar-refractivity contribution in [2.75, 3.05) is 5.88 Å². The Morgan fingerprint density at radius 1 is 1.00 bits per heavy atom. The van der Waals surface area contributed by atoms with Crippen molar-refractivity contribution in [1.29, 1.82) is 0 Å². The van der Waals surface area contributed by atoms with E-state index in [1.165, 1.54) is 46.8 Å². The first-order valence-electron chi connectivity index (χ1n) is 7.72. The highest BCUT2D eigenvalue weighted by molar-refractivity contribution is 9.10. The Labute approximate surface area is 140 Å². The van der Waals surface area contributed by atoms with Crippen molar-refractivity contribution < 1.29 is 0 Å². The maximum atomic E-state index is 6.12. The molecule has 21 heavy (non-hydrogen) atoms. The van der Waals surface area contributed by atoms with Gasteiger partial charge in [-0.05, 0) is 60.4 Å². The predicted molar refractivity (Wildman–Crippen MR) is 94.4 cm³/mol. The number of hydrogen-bond acceptors (Lipinski definition) is 0. The van der Waals surface area contributed by atoms with E-state index in [9.17, 15) is 0 Å². The van der Waals surface area contributed by atoms with Gasteiger partial charge in [0.25, 0.3) is 0 Å². The van der Waals surface area contributed by atoms with Crippen LogP contribution in [0.25, 0.3) is 0 Å². The normalized spacial score (nSPS) is 15.5. The van der Waals surface area contributed by atoms with Gasteiger partial charge in [0.2, 0.25) is 0 Å². The molecule has 0 amide bonds. The van der Waals surface area contributed by atoms with Crippen LogP contribution in [-0.4, -0.2) is 5.88 Å². The molecule has 110 valence electrons. The van der Waals surface area contributed by atoms with E-state index in [2.05, 4.69) is 58.4 Å². The van der Waals surface area contributed by atoms with Crippen molar-refractivity contribution in [3.63, 3.8) is 0 Å². The van der Waals surface area contributed by atoms with Gasteiger partial charge >= 0.3 is 0 Å². The maximum absolute atomic E-state index is 6.12. The van der Waals surface area contributed by atoms with Crippen LogP contribution >= 0.6 is 27.5 Å². The van der Waals surface area contributed by atoms with Gasteiger partial charge in [-0.2, -0.15) is 0 Å². The standard InChI is InChI=1S/C19H20BrCl/c20-18-11-10-15-8-4-5-9-16(15)19(18)17(12-13-21)14-6-2-1-3-7-14/h1-3,6-7,10-11,17H,4-5,8-9,12-13H2/t17-/m0/s1. The van der Waals surface area contributed by atoms with E-state index in [0.29, 0.717) is 11.8 Å². The van der Waals surface area contributed by atoms with Crippen molar-refractivity contribution in [2.24, 2.45) is 0 Å². The number of aryl methyl sites for hydroxylation is 1. The third-order valence-electron chi connectivity index (χ3n) is 4.47. The van der Waals surface area contributed by atoms with Crippen LogP contribution in [0.4, 0.5) is 0 Å². The van der Waals surface area contributed by atoms with Crippen LogP contribution in [0.2, 0.25) is 0 Å². The summed E-state index contributed by atoms with van der Waals surface area (Å²) in [5.74, 6) is 1.08. The number of alkyl halides is 1. The topological polar surface area (TPSA) is 0 Å². The molecule has 2 aromatic rings. The molecular formula is C19H20BrCl. The largest absolute Gasteiger partial charge is 0.127 e. The zero-order chi connectivity index (χ0) is 14.7. The van der Waals surface area contributed by atoms with Gasteiger partial charge in [0.1, 0.15) is 0 Å². The minimum Gasteiger partial charge on any atom is -0.127 e. The van der Waals surface area contributed by atoms with Crippen molar-refractivity contribution in [3.8, 4) is 0 Å². The summed E-state index contributed by atoms with van der Waals surface area (Å²) in [7, 11) is 0. The summed E-state index contributed by atoms with van der Waals surface area (Å²) in [6, 6.07) is 15.3. The average molecular weight is 364 g/mol. The molecule has 0 saturated carbocycles. The smallest absolute Gasteiger partial charge is 0.0232 e. The van der Waals surface area contributed by atoms with Crippen LogP contribution in [0.3, 0.4) is 0 Å². The van der Waals surface area contributed by atoms with Crippen molar-refractivity contribution in [2.45, 2.75) is 38.0 Å². The highest BCUT2D eigenvalue weighted by atomic mass is 79.9. The molecule has 0 nitrogen and oxygen atoms in total. The second-order valence-corrected chi connectivity index (χ2v) is 6.98. The maximum Gasteiger partial charge on any atom is 0.0232 e. The second-order valence-electron chi connectivity index (χ2n) is 5.75. The molecule has 3 rings (SSSR count). The first kappa shape index (κ1) is 15.1. The van der Waals surface area contributed by atoms with Crippen LogP contribution < -0.4 is 0 Å². The molecule has 1 atom stereocenters. The Morgan fingerprint density at radius 3 is 2.52 bits per heavy atom. The molecule has 2 heteroatoms. The van der Waals surface area contributed by atoms with Gasteiger partial charge < -0.3 is 0 Å². The quantitative estimate of drug-likeness (QED) is 0.577. The molecule has 1 aliphatic rings. The third-order valence-corrected chi connectivity index (χ3v) is 5.38. The zero-order valence-electron chi connectivity index (χ0n) is 12.1. The fourth-order valence-corrected chi connectivity index (χ4v) is 4.34. The lowest BCUT2D eigenvalue weighted by Crippen LogP contribution is -2.12. The zero-order valence-corrected chi connectivity index (χ0v) is 14.5. The summed E-state index contributed by atoms with van der Waals surface area (Å²) in [6.45, 7) is 0. The molecule has 0 saturated heterocycles. The molecule has 0 unspecified atom stereocenters. The summed E-state index contributed by atoms with van der Waals surface area (Å²) in [5, 5.41) is 0. The molecule has 0 aromatic heterocycles. The minimum atomic E-state index is 0.395. The number of halogens is 2. The van der Waals surface area contributed by atoms with E-state index in [-0.39, 0.29) is 0 Å². The summed E-state index contributed by atoms with van der Waals surface area (Å²) in [4.78, 5) is 0. The van der Waals surface area contributed by atoms with E-state index >= 15 is 0 Å². The molecule has 0 spiro atoms. The van der Waals surface area contributed by atoms with E-state index in [1.54, 1.807) is 5.56 Å². The van der Waals surface area contributed by atoms with E-state index in [4.69, 9.17) is 11.6 Å². The highest BCUT2D eigenvalue weighted by Crippen LogP contribution is 2.39. The molecule has 0 aliphatic heterocycles. The van der Waals surface area contributed by atoms with Crippen LogP contribution in [0.15, 0.2) is 46.9 Å². The Hall–Kier alpha value is -0.790. The fourth-order valence-electron chi connectivity index (χ4n) is 3.48. The van der Waals surface area contributed by atoms with Crippen LogP contribution in [0.5, 0.6) is 0 Å². The lowest BCUT2D eigenvalue weighted by Gasteiger charge is -2.26. The van der Waals surface area contributed by atoms with Crippen molar-refractivity contribution in [1.82, 2.24) is 0 Å². The average Bonchev–Trinajstić information content (AvgIpc) is 2.54. The van der Waals surface area contributed by atoms with E-state index in [1.807, 2.05) is 0 Å². The lowest BCUT2D eigenvalue weighted by molar-refractivity contribution is 0.663. The summed E-state index contributed by atoms with van der Waals surface area (Å²) in [5.41, 5.74) is 5.95. The summed E-state index contributed by atoms with van der Waals surface area (Å²) < 4.78 is 1.24. The van der Waals surface area contributed by atoms with Gasteiger partial charge in [0, 0.05) is 16.3 Å². The number of rotatable bonds is 4. The van der Waals surface area contributed by atoms with Crippen LogP contribution in [0.1, 0.15) is 47.4 Å². The van der Waals surface area contributed by atoms with Gasteiger partial charge in [-0.15, -0.1) is 11.6 Å². The molecular weight excluding hydrogens is 344 g/mol. The Bertz CT molecular complexity index is 606. The molecule has 0 heterocycles. The number of fused-ring (bicyclic) bond motifs is 1. The van der Waals surface area contributed by atoms with E-state index < -0.39 is 0 Å². The van der Waals surface area contributed by atoms with Crippen molar-refractivity contribution in [3.05, 3.63) is 69.2 Å². The summed E-state index contributed by atoms with van der Waals surface area (Å²) in [6.07, 6.45) is 6.03. The van der Waals surface area contributed by atoms with Gasteiger partial charge in [-0.3, -0.25) is 0 Å². The monoisotopic (exact) mass is 362 g/mol. The van der Waals surface area contributed by atoms with Crippen LogP contribution in [0, 0.1) is 0 Å².